The summed E-state index contributed by atoms with van der Waals surface area (Å²) in [5, 5.41) is 5.67. The van der Waals surface area contributed by atoms with E-state index in [0.29, 0.717) is 28.9 Å². The van der Waals surface area contributed by atoms with Crippen molar-refractivity contribution < 1.29 is 27.4 Å². The van der Waals surface area contributed by atoms with Gasteiger partial charge in [0.2, 0.25) is 5.91 Å². The molecule has 1 aromatic rings. The molecule has 0 unspecified atom stereocenters. The fourth-order valence-corrected chi connectivity index (χ4v) is 2.14. The summed E-state index contributed by atoms with van der Waals surface area (Å²) in [7, 11) is 4.18. The number of ether oxygens (including phenoxy) is 2. The SMILES string of the molecule is CCNC(=NCc1ccc(OC)cc1OC)NCC(=O)N(C)CC(F)(F)F. The van der Waals surface area contributed by atoms with Gasteiger partial charge in [0.1, 0.15) is 18.0 Å². The third-order valence-electron chi connectivity index (χ3n) is 3.50. The molecule has 7 nitrogen and oxygen atoms in total. The molecule has 0 heterocycles. The van der Waals surface area contributed by atoms with Crippen molar-refractivity contribution in [3.63, 3.8) is 0 Å². The maximum Gasteiger partial charge on any atom is 0.406 e. The summed E-state index contributed by atoms with van der Waals surface area (Å²) in [6.45, 7) is 0.998. The molecule has 1 amide bonds. The van der Waals surface area contributed by atoms with E-state index in [9.17, 15) is 18.0 Å². The van der Waals surface area contributed by atoms with E-state index < -0.39 is 18.6 Å². The lowest BCUT2D eigenvalue weighted by Crippen LogP contribution is -2.45. The first-order valence-electron chi connectivity index (χ1n) is 8.24. The third kappa shape index (κ3) is 8.06. The van der Waals surface area contributed by atoms with Crippen LogP contribution in [0.2, 0.25) is 0 Å². The van der Waals surface area contributed by atoms with Gasteiger partial charge in [-0.15, -0.1) is 0 Å². The Hall–Kier alpha value is -2.65. The highest BCUT2D eigenvalue weighted by Gasteiger charge is 2.31. The summed E-state index contributed by atoms with van der Waals surface area (Å²) in [4.78, 5) is 16.8. The number of nitrogens with zero attached hydrogens (tertiary/aromatic N) is 2. The van der Waals surface area contributed by atoms with Crippen LogP contribution in [0.5, 0.6) is 11.5 Å². The van der Waals surface area contributed by atoms with Crippen LogP contribution in [-0.2, 0) is 11.3 Å². The number of hydrogen-bond donors (Lipinski definition) is 2. The van der Waals surface area contributed by atoms with Gasteiger partial charge in [0.25, 0.3) is 0 Å². The zero-order valence-corrected chi connectivity index (χ0v) is 15.8. The van der Waals surface area contributed by atoms with Crippen molar-refractivity contribution in [2.24, 2.45) is 4.99 Å². The van der Waals surface area contributed by atoms with Crippen LogP contribution >= 0.6 is 0 Å². The summed E-state index contributed by atoms with van der Waals surface area (Å²) < 4.78 is 47.5. The number of carbonyl (C=O) groups is 1. The third-order valence-corrected chi connectivity index (χ3v) is 3.50. The van der Waals surface area contributed by atoms with E-state index in [2.05, 4.69) is 15.6 Å². The van der Waals surface area contributed by atoms with E-state index in [1.807, 2.05) is 6.92 Å². The van der Waals surface area contributed by atoms with Crippen molar-refractivity contribution in [1.29, 1.82) is 0 Å². The predicted octanol–water partition coefficient (Wildman–Crippen LogP) is 1.78. The monoisotopic (exact) mass is 390 g/mol. The summed E-state index contributed by atoms with van der Waals surface area (Å²) in [6.07, 6.45) is -4.44. The first-order chi connectivity index (χ1) is 12.7. The van der Waals surface area contributed by atoms with Crippen molar-refractivity contribution in [3.8, 4) is 11.5 Å². The van der Waals surface area contributed by atoms with E-state index in [4.69, 9.17) is 9.47 Å². The first-order valence-corrected chi connectivity index (χ1v) is 8.24. The van der Waals surface area contributed by atoms with Gasteiger partial charge in [0.05, 0.1) is 27.3 Å². The molecule has 10 heteroatoms. The van der Waals surface area contributed by atoms with Gasteiger partial charge in [-0.05, 0) is 19.1 Å². The lowest BCUT2D eigenvalue weighted by atomic mass is 10.2. The molecule has 0 saturated heterocycles. The minimum absolute atomic E-state index is 0.245. The predicted molar refractivity (Wildman–Crippen MR) is 96.1 cm³/mol. The van der Waals surface area contributed by atoms with Gasteiger partial charge in [0.15, 0.2) is 5.96 Å². The van der Waals surface area contributed by atoms with E-state index in [1.165, 1.54) is 7.11 Å². The number of hydrogen-bond acceptors (Lipinski definition) is 4. The molecule has 0 fully saturated rings. The molecule has 0 aliphatic carbocycles. The number of amides is 1. The van der Waals surface area contributed by atoms with Gasteiger partial charge in [0, 0.05) is 25.2 Å². The molecule has 0 radical (unpaired) electrons. The van der Waals surface area contributed by atoms with Crippen LogP contribution in [0.3, 0.4) is 0 Å². The number of aliphatic imine (C=N–C) groups is 1. The van der Waals surface area contributed by atoms with Crippen LogP contribution in [0.15, 0.2) is 23.2 Å². The zero-order valence-electron chi connectivity index (χ0n) is 15.8. The maximum atomic E-state index is 12.3. The number of methoxy groups -OCH3 is 2. The number of halogens is 3. The molecule has 0 saturated carbocycles. The van der Waals surface area contributed by atoms with Crippen molar-refractivity contribution in [2.75, 3.05) is 40.9 Å². The number of guanidine groups is 1. The van der Waals surface area contributed by atoms with Crippen LogP contribution in [0, 0.1) is 0 Å². The Morgan fingerprint density at radius 2 is 1.93 bits per heavy atom. The highest BCUT2D eigenvalue weighted by atomic mass is 19.4. The summed E-state index contributed by atoms with van der Waals surface area (Å²) >= 11 is 0. The van der Waals surface area contributed by atoms with Crippen LogP contribution in [0.1, 0.15) is 12.5 Å². The number of likely N-dealkylation sites (N-methyl/N-ethyl adjacent to an activating group) is 1. The fourth-order valence-electron chi connectivity index (χ4n) is 2.14. The van der Waals surface area contributed by atoms with E-state index in [0.717, 1.165) is 12.6 Å². The topological polar surface area (TPSA) is 75.2 Å². The van der Waals surface area contributed by atoms with Crippen LogP contribution < -0.4 is 20.1 Å². The van der Waals surface area contributed by atoms with Gasteiger partial charge >= 0.3 is 6.18 Å². The number of benzene rings is 1. The summed E-state index contributed by atoms with van der Waals surface area (Å²) in [5.41, 5.74) is 0.788. The molecule has 152 valence electrons. The molecule has 1 aromatic carbocycles. The molecule has 2 N–H and O–H groups in total. The molecule has 0 aliphatic rings. The van der Waals surface area contributed by atoms with Gasteiger partial charge in [-0.25, -0.2) is 4.99 Å². The number of rotatable bonds is 8. The molecule has 27 heavy (non-hydrogen) atoms. The van der Waals surface area contributed by atoms with Gasteiger partial charge < -0.3 is 25.0 Å². The second kappa shape index (κ2) is 10.5. The number of carbonyl (C=O) groups excluding carboxylic acids is 1. The Labute approximate surface area is 156 Å². The lowest BCUT2D eigenvalue weighted by Gasteiger charge is -2.20. The van der Waals surface area contributed by atoms with Crippen LogP contribution in [0.25, 0.3) is 0 Å². The van der Waals surface area contributed by atoms with Crippen molar-refractivity contribution in [3.05, 3.63) is 23.8 Å². The van der Waals surface area contributed by atoms with Crippen LogP contribution in [0.4, 0.5) is 13.2 Å². The average molecular weight is 390 g/mol. The Balaban J connectivity index is 2.74. The molecule has 0 aromatic heterocycles. The Kier molecular flexibility index (Phi) is 8.70. The van der Waals surface area contributed by atoms with E-state index >= 15 is 0 Å². The van der Waals surface area contributed by atoms with E-state index in [1.54, 1.807) is 25.3 Å². The molecule has 0 atom stereocenters. The largest absolute Gasteiger partial charge is 0.497 e. The molecule has 0 bridgehead atoms. The smallest absolute Gasteiger partial charge is 0.406 e. The molecule has 1 rings (SSSR count). The normalized spacial score (nSPS) is 11.7. The standard InChI is InChI=1S/C17H25F3N4O3/c1-5-21-16(23-10-15(25)24(2)11-17(18,19)20)22-9-12-6-7-13(26-3)8-14(12)27-4/h6-8H,5,9-11H2,1-4H3,(H2,21,22,23). The fraction of sp³-hybridized carbons (Fsp3) is 0.529. The summed E-state index contributed by atoms with van der Waals surface area (Å²) in [5.74, 6) is 0.849. The van der Waals surface area contributed by atoms with Crippen molar-refractivity contribution in [2.45, 2.75) is 19.6 Å². The minimum atomic E-state index is -4.44. The quantitative estimate of drug-likeness (QED) is 0.523. The summed E-state index contributed by atoms with van der Waals surface area (Å²) in [6, 6.07) is 5.29. The minimum Gasteiger partial charge on any atom is -0.497 e. The molecule has 0 aliphatic heterocycles. The molecular weight excluding hydrogens is 365 g/mol. The zero-order chi connectivity index (χ0) is 20.4. The molecular formula is C17H25F3N4O3. The number of nitrogens with one attached hydrogen (secondary N) is 2. The highest BCUT2D eigenvalue weighted by Crippen LogP contribution is 2.25. The first kappa shape index (κ1) is 22.4. The average Bonchev–Trinajstić information content (AvgIpc) is 2.62. The molecule has 0 spiro atoms. The lowest BCUT2D eigenvalue weighted by molar-refractivity contribution is -0.157. The van der Waals surface area contributed by atoms with Crippen LogP contribution in [-0.4, -0.2) is 63.8 Å². The second-order valence-electron chi connectivity index (χ2n) is 5.59. The van der Waals surface area contributed by atoms with E-state index in [-0.39, 0.29) is 13.1 Å². The van der Waals surface area contributed by atoms with Crippen molar-refractivity contribution >= 4 is 11.9 Å². The Bertz CT molecular complexity index is 651. The second-order valence-corrected chi connectivity index (χ2v) is 5.59. The van der Waals surface area contributed by atoms with Crippen molar-refractivity contribution in [1.82, 2.24) is 15.5 Å². The highest BCUT2D eigenvalue weighted by molar-refractivity contribution is 5.86. The van der Waals surface area contributed by atoms with Gasteiger partial charge in [-0.1, -0.05) is 0 Å². The van der Waals surface area contributed by atoms with Gasteiger partial charge in [-0.3, -0.25) is 4.79 Å². The maximum absolute atomic E-state index is 12.3. The Morgan fingerprint density at radius 1 is 1.22 bits per heavy atom. The number of alkyl halides is 3. The van der Waals surface area contributed by atoms with Gasteiger partial charge in [-0.2, -0.15) is 13.2 Å². The Morgan fingerprint density at radius 3 is 2.48 bits per heavy atom.